The van der Waals surface area contributed by atoms with Crippen LogP contribution >= 0.6 is 0 Å². The number of alkyl halides is 3. The molecule has 2 fully saturated rings. The van der Waals surface area contributed by atoms with Crippen LogP contribution in [0.4, 0.5) is 34.6 Å². The molecule has 0 spiro atoms. The summed E-state index contributed by atoms with van der Waals surface area (Å²) in [4.78, 5) is 31.0. The molecule has 1 amide bonds. The van der Waals surface area contributed by atoms with Gasteiger partial charge >= 0.3 is 6.18 Å². The second-order valence-electron chi connectivity index (χ2n) is 10.8. The summed E-state index contributed by atoms with van der Waals surface area (Å²) < 4.78 is 59.3. The lowest BCUT2D eigenvalue weighted by Gasteiger charge is -2.36. The zero-order chi connectivity index (χ0) is 30.6. The Labute approximate surface area is 245 Å². The van der Waals surface area contributed by atoms with Crippen molar-refractivity contribution in [3.8, 4) is 5.75 Å². The maximum Gasteiger partial charge on any atom is 0.423 e. The number of pyridine rings is 1. The first-order valence-electron chi connectivity index (χ1n) is 14.1. The third-order valence-corrected chi connectivity index (χ3v) is 7.81. The summed E-state index contributed by atoms with van der Waals surface area (Å²) in [6, 6.07) is 10.7. The first kappa shape index (κ1) is 30.1. The molecule has 1 aliphatic carbocycles. The molecular weight excluding hydrogens is 570 g/mol. The Bertz CT molecular complexity index is 1440. The van der Waals surface area contributed by atoms with E-state index in [9.17, 15) is 32.5 Å². The van der Waals surface area contributed by atoms with Gasteiger partial charge in [-0.25, -0.2) is 4.39 Å². The average Bonchev–Trinajstić information content (AvgIpc) is 2.99. The third-order valence-electron chi connectivity index (χ3n) is 7.81. The maximum atomic E-state index is 13.3. The molecule has 43 heavy (non-hydrogen) atoms. The number of aromatic nitrogens is 1. The summed E-state index contributed by atoms with van der Waals surface area (Å²) in [5.74, 6) is 0.287. The highest BCUT2D eigenvalue weighted by Gasteiger charge is 2.38. The minimum Gasteiger partial charge on any atom is -0.489 e. The van der Waals surface area contributed by atoms with Crippen molar-refractivity contribution in [1.29, 1.82) is 0 Å². The van der Waals surface area contributed by atoms with Crippen LogP contribution in [-0.2, 0) is 17.4 Å². The second-order valence-corrected chi connectivity index (χ2v) is 10.8. The number of halogens is 4. The van der Waals surface area contributed by atoms with Crippen LogP contribution < -0.4 is 15.0 Å². The van der Waals surface area contributed by atoms with Crippen LogP contribution in [0.3, 0.4) is 0 Å². The quantitative estimate of drug-likeness (QED) is 0.197. The van der Waals surface area contributed by atoms with Crippen LogP contribution in [-0.4, -0.2) is 59.0 Å². The monoisotopic (exact) mass is 601 g/mol. The number of nitro groups is 1. The molecule has 1 N–H and O–H groups in total. The topological polar surface area (TPSA) is 101 Å². The van der Waals surface area contributed by atoms with Crippen molar-refractivity contribution in [2.75, 3.05) is 36.4 Å². The van der Waals surface area contributed by atoms with Crippen molar-refractivity contribution >= 4 is 23.0 Å². The number of carbonyl (C=O) groups excluding carboxylic acids is 1. The molecule has 1 saturated carbocycles. The number of hydrogen-bond acceptors (Lipinski definition) is 7. The zero-order valence-corrected chi connectivity index (χ0v) is 23.2. The molecule has 1 aromatic heterocycles. The van der Waals surface area contributed by atoms with Crippen molar-refractivity contribution < 1.29 is 32.0 Å². The molecule has 0 bridgehead atoms. The summed E-state index contributed by atoms with van der Waals surface area (Å²) in [6.45, 7) is 2.38. The number of ether oxygens (including phenoxy) is 1. The van der Waals surface area contributed by atoms with Gasteiger partial charge in [-0.05, 0) is 55.5 Å². The van der Waals surface area contributed by atoms with E-state index in [1.807, 2.05) is 6.07 Å². The number of benzene rings is 2. The summed E-state index contributed by atoms with van der Waals surface area (Å²) in [7, 11) is 0. The van der Waals surface area contributed by atoms with Crippen LogP contribution in [0.1, 0.15) is 36.8 Å². The van der Waals surface area contributed by atoms with Crippen LogP contribution in [0, 0.1) is 15.9 Å². The smallest absolute Gasteiger partial charge is 0.423 e. The largest absolute Gasteiger partial charge is 0.489 e. The fraction of sp³-hybridized carbons (Fsp3) is 0.400. The highest BCUT2D eigenvalue weighted by molar-refractivity contribution is 5.79. The molecule has 0 radical (unpaired) electrons. The molecular formula is C30H31F4N5O4. The number of hydrogen-bond donors (Lipinski definition) is 1. The molecule has 228 valence electrons. The van der Waals surface area contributed by atoms with Gasteiger partial charge in [-0.3, -0.25) is 19.9 Å². The molecule has 0 atom stereocenters. The summed E-state index contributed by atoms with van der Waals surface area (Å²) in [6.07, 6.45) is 1.38. The first-order valence-corrected chi connectivity index (χ1v) is 14.1. The molecule has 3 aromatic rings. The van der Waals surface area contributed by atoms with Gasteiger partial charge in [0, 0.05) is 50.0 Å². The lowest BCUT2D eigenvalue weighted by Crippen LogP contribution is -2.49. The van der Waals surface area contributed by atoms with E-state index < -0.39 is 22.4 Å². The molecule has 0 unspecified atom stereocenters. The van der Waals surface area contributed by atoms with E-state index >= 15 is 0 Å². The van der Waals surface area contributed by atoms with Crippen LogP contribution in [0.5, 0.6) is 5.75 Å². The van der Waals surface area contributed by atoms with E-state index in [1.54, 1.807) is 29.4 Å². The Morgan fingerprint density at radius 2 is 1.70 bits per heavy atom. The Morgan fingerprint density at radius 3 is 2.35 bits per heavy atom. The van der Waals surface area contributed by atoms with E-state index in [-0.39, 0.29) is 36.0 Å². The third kappa shape index (κ3) is 7.70. The SMILES string of the molecule is O=C(Cc1ccc(F)cc1)N1CCN(c2cncc(O[C@H]3CC[C@H](Nc4ccc([N+](=O)[O-])c(C(F)(F)F)c4)CC3)c2)CC1. The van der Waals surface area contributed by atoms with Crippen molar-refractivity contribution in [2.45, 2.75) is 50.4 Å². The Kier molecular flexibility index (Phi) is 8.97. The second kappa shape index (κ2) is 12.8. The lowest BCUT2D eigenvalue weighted by molar-refractivity contribution is -0.388. The average molecular weight is 602 g/mol. The highest BCUT2D eigenvalue weighted by Crippen LogP contribution is 2.38. The predicted molar refractivity (Wildman–Crippen MR) is 152 cm³/mol. The number of rotatable bonds is 8. The maximum absolute atomic E-state index is 13.3. The van der Waals surface area contributed by atoms with Crippen molar-refractivity contribution in [2.24, 2.45) is 0 Å². The normalized spacial score (nSPS) is 19.2. The standard InChI is InChI=1S/C30H31F4N5O4/c31-21-3-1-20(2-4-21)15-29(40)38-13-11-37(12-14-38)24-17-26(19-35-18-24)43-25-8-5-22(6-9-25)36-23-7-10-28(39(41)42)27(16-23)30(32,33)34/h1-4,7,10,16-19,22,25,36H,5-6,8-9,11-15H2/t22-,25-. The van der Waals surface area contributed by atoms with Crippen molar-refractivity contribution in [3.05, 3.63) is 88.0 Å². The van der Waals surface area contributed by atoms with E-state index in [0.29, 0.717) is 57.6 Å². The number of amides is 1. The number of nitro benzene ring substituents is 1. The molecule has 1 saturated heterocycles. The molecule has 9 nitrogen and oxygen atoms in total. The van der Waals surface area contributed by atoms with Gasteiger partial charge in [0.1, 0.15) is 17.1 Å². The van der Waals surface area contributed by atoms with Gasteiger partial charge in [-0.15, -0.1) is 0 Å². The first-order chi connectivity index (χ1) is 20.5. The van der Waals surface area contributed by atoms with Gasteiger partial charge in [0.2, 0.25) is 5.91 Å². The number of nitrogens with zero attached hydrogens (tertiary/aromatic N) is 4. The van der Waals surface area contributed by atoms with Gasteiger partial charge < -0.3 is 19.9 Å². The van der Waals surface area contributed by atoms with E-state index in [1.165, 1.54) is 18.2 Å². The Morgan fingerprint density at radius 1 is 1.00 bits per heavy atom. The molecule has 2 aliphatic rings. The molecule has 5 rings (SSSR count). The predicted octanol–water partition coefficient (Wildman–Crippen LogP) is 5.84. The van der Waals surface area contributed by atoms with E-state index in [2.05, 4.69) is 15.2 Å². The molecule has 2 aromatic carbocycles. The molecule has 2 heterocycles. The van der Waals surface area contributed by atoms with Gasteiger partial charge in [0.05, 0.1) is 35.5 Å². The zero-order valence-electron chi connectivity index (χ0n) is 23.2. The number of nitrogens with one attached hydrogen (secondary N) is 1. The van der Waals surface area contributed by atoms with Crippen LogP contribution in [0.15, 0.2) is 60.9 Å². The minimum absolute atomic E-state index is 0.000861. The molecule has 1 aliphatic heterocycles. The van der Waals surface area contributed by atoms with Gasteiger partial charge in [0.15, 0.2) is 0 Å². The summed E-state index contributed by atoms with van der Waals surface area (Å²) in [5.41, 5.74) is -0.392. The van der Waals surface area contributed by atoms with Gasteiger partial charge in [0.25, 0.3) is 5.69 Å². The van der Waals surface area contributed by atoms with Crippen molar-refractivity contribution in [1.82, 2.24) is 9.88 Å². The Hall–Kier alpha value is -4.42. The summed E-state index contributed by atoms with van der Waals surface area (Å²) >= 11 is 0. The fourth-order valence-corrected chi connectivity index (χ4v) is 5.51. The highest BCUT2D eigenvalue weighted by atomic mass is 19.4. The minimum atomic E-state index is -4.83. The fourth-order valence-electron chi connectivity index (χ4n) is 5.51. The van der Waals surface area contributed by atoms with Gasteiger partial charge in [-0.1, -0.05) is 12.1 Å². The van der Waals surface area contributed by atoms with Gasteiger partial charge in [-0.2, -0.15) is 13.2 Å². The van der Waals surface area contributed by atoms with Crippen molar-refractivity contribution in [3.63, 3.8) is 0 Å². The number of carbonyl (C=O) groups is 1. The van der Waals surface area contributed by atoms with Crippen LogP contribution in [0.25, 0.3) is 0 Å². The molecule has 13 heteroatoms. The van der Waals surface area contributed by atoms with E-state index in [0.717, 1.165) is 23.4 Å². The lowest BCUT2D eigenvalue weighted by atomic mass is 9.92. The summed E-state index contributed by atoms with van der Waals surface area (Å²) in [5, 5.41) is 14.1. The number of piperazine rings is 1. The number of anilines is 2. The van der Waals surface area contributed by atoms with E-state index in [4.69, 9.17) is 4.74 Å². The van der Waals surface area contributed by atoms with Crippen LogP contribution in [0.2, 0.25) is 0 Å². The Balaban J connectivity index is 1.10.